The second-order valence-electron chi connectivity index (χ2n) is 4.93. The van der Waals surface area contributed by atoms with E-state index in [9.17, 15) is 9.59 Å². The minimum atomic E-state index is -0.377. The van der Waals surface area contributed by atoms with E-state index < -0.39 is 0 Å². The molecule has 0 radical (unpaired) electrons. The Labute approximate surface area is 140 Å². The molecule has 5 nitrogen and oxygen atoms in total. The molecule has 0 aliphatic carbocycles. The van der Waals surface area contributed by atoms with Gasteiger partial charge in [0, 0.05) is 12.6 Å². The molecule has 124 valence electrons. The molecule has 1 N–H and O–H groups in total. The van der Waals surface area contributed by atoms with Gasteiger partial charge in [-0.3, -0.25) is 9.59 Å². The molecule has 0 saturated heterocycles. The Morgan fingerprint density at radius 2 is 1.83 bits per heavy atom. The third kappa shape index (κ3) is 3.81. The van der Waals surface area contributed by atoms with Gasteiger partial charge in [0.2, 0.25) is 5.43 Å². The zero-order valence-corrected chi connectivity index (χ0v) is 13.8. The lowest BCUT2D eigenvalue weighted by Gasteiger charge is -2.07. The first-order chi connectivity index (χ1) is 11.6. The van der Waals surface area contributed by atoms with E-state index in [-0.39, 0.29) is 16.8 Å². The highest BCUT2D eigenvalue weighted by Crippen LogP contribution is 2.25. The van der Waals surface area contributed by atoms with Crippen LogP contribution in [-0.4, -0.2) is 27.1 Å². The molecule has 2 aromatic carbocycles. The van der Waals surface area contributed by atoms with Gasteiger partial charge >= 0.3 is 0 Å². The van der Waals surface area contributed by atoms with Crippen LogP contribution in [0.3, 0.4) is 0 Å². The van der Waals surface area contributed by atoms with Crippen LogP contribution in [0.2, 0.25) is 0 Å². The summed E-state index contributed by atoms with van der Waals surface area (Å²) in [5.74, 6) is 0.880. The van der Waals surface area contributed by atoms with Gasteiger partial charge in [0.1, 0.15) is 11.5 Å². The molecule has 2 aromatic rings. The number of hydrogen-bond acceptors (Lipinski definition) is 5. The summed E-state index contributed by atoms with van der Waals surface area (Å²) in [6.45, 7) is 0. The normalized spacial score (nSPS) is 10.5. The summed E-state index contributed by atoms with van der Waals surface area (Å²) in [6.07, 6.45) is 2.96. The van der Waals surface area contributed by atoms with Gasteiger partial charge in [-0.2, -0.15) is 0 Å². The molecular weight excluding hydrogens is 306 g/mol. The van der Waals surface area contributed by atoms with E-state index in [4.69, 9.17) is 9.47 Å². The van der Waals surface area contributed by atoms with Crippen LogP contribution in [0.4, 0.5) is 5.69 Å². The second kappa shape index (κ2) is 7.97. The van der Waals surface area contributed by atoms with E-state index in [1.165, 1.54) is 12.1 Å². The van der Waals surface area contributed by atoms with Crippen LogP contribution in [0.25, 0.3) is 6.08 Å². The monoisotopic (exact) mass is 325 g/mol. The van der Waals surface area contributed by atoms with Crippen molar-refractivity contribution in [1.29, 1.82) is 0 Å². The number of carbonyl (C=O) groups excluding carboxylic acids is 1. The van der Waals surface area contributed by atoms with Gasteiger partial charge in [-0.05, 0) is 42.5 Å². The molecule has 0 aliphatic rings. The fraction of sp³-hybridized carbons (Fsp3) is 0.158. The van der Waals surface area contributed by atoms with E-state index in [0.29, 0.717) is 22.7 Å². The Morgan fingerprint density at radius 1 is 1.08 bits per heavy atom. The lowest BCUT2D eigenvalue weighted by atomic mass is 10.1. The smallest absolute Gasteiger partial charge is 0.212 e. The molecule has 0 bridgehead atoms. The van der Waals surface area contributed by atoms with Crippen LogP contribution in [0.5, 0.6) is 11.5 Å². The number of anilines is 1. The Hall–Kier alpha value is -3.08. The van der Waals surface area contributed by atoms with Crippen molar-refractivity contribution in [2.45, 2.75) is 0 Å². The minimum Gasteiger partial charge on any atom is -0.497 e. The number of nitrogens with one attached hydrogen (secondary N) is 1. The van der Waals surface area contributed by atoms with E-state index >= 15 is 0 Å². The number of carbonyl (C=O) groups is 1. The standard InChI is InChI=1S/C19H19NO4/c1-20-16-7-5-4-6-15(19(16)22)17(21)10-8-13-12-14(23-2)9-11-18(13)24-3/h4-12H,1-3H3,(H,20,22)/b10-8+. The summed E-state index contributed by atoms with van der Waals surface area (Å²) in [5, 5.41) is 2.79. The number of allylic oxidation sites excluding steroid dienone is 1. The van der Waals surface area contributed by atoms with Crippen LogP contribution in [0.15, 0.2) is 53.3 Å². The van der Waals surface area contributed by atoms with Gasteiger partial charge in [0.25, 0.3) is 0 Å². The van der Waals surface area contributed by atoms with Crippen molar-refractivity contribution < 1.29 is 14.3 Å². The molecule has 0 fully saturated rings. The van der Waals surface area contributed by atoms with Gasteiger partial charge in [-0.15, -0.1) is 0 Å². The largest absolute Gasteiger partial charge is 0.497 e. The van der Waals surface area contributed by atoms with Crippen LogP contribution >= 0.6 is 0 Å². The highest BCUT2D eigenvalue weighted by atomic mass is 16.5. The van der Waals surface area contributed by atoms with Crippen LogP contribution in [0.1, 0.15) is 15.9 Å². The lowest BCUT2D eigenvalue weighted by Crippen LogP contribution is -2.14. The highest BCUT2D eigenvalue weighted by molar-refractivity contribution is 6.07. The third-order valence-electron chi connectivity index (χ3n) is 3.51. The zero-order valence-electron chi connectivity index (χ0n) is 13.8. The predicted octanol–water partition coefficient (Wildman–Crippen LogP) is 3.00. The number of benzene rings is 1. The Bertz CT molecular complexity index is 828. The van der Waals surface area contributed by atoms with Crippen LogP contribution in [-0.2, 0) is 0 Å². The molecule has 0 spiro atoms. The maximum atomic E-state index is 12.4. The molecule has 0 unspecified atom stereocenters. The molecule has 0 atom stereocenters. The molecule has 0 aliphatic heterocycles. The summed E-state index contributed by atoms with van der Waals surface area (Å²) in [7, 11) is 4.75. The minimum absolute atomic E-state index is 0.0995. The fourth-order valence-corrected chi connectivity index (χ4v) is 2.22. The summed E-state index contributed by atoms with van der Waals surface area (Å²) in [4.78, 5) is 24.7. The summed E-state index contributed by atoms with van der Waals surface area (Å²) < 4.78 is 10.4. The number of rotatable bonds is 6. The van der Waals surface area contributed by atoms with Crippen molar-refractivity contribution in [2.24, 2.45) is 0 Å². The van der Waals surface area contributed by atoms with E-state index in [2.05, 4.69) is 5.32 Å². The Kier molecular flexibility index (Phi) is 5.73. The zero-order chi connectivity index (χ0) is 17.5. The first-order valence-electron chi connectivity index (χ1n) is 7.36. The number of ether oxygens (including phenoxy) is 2. The van der Waals surface area contributed by atoms with Crippen molar-refractivity contribution in [1.82, 2.24) is 0 Å². The highest BCUT2D eigenvalue weighted by Gasteiger charge is 2.09. The lowest BCUT2D eigenvalue weighted by molar-refractivity contribution is 0.104. The molecule has 2 rings (SSSR count). The summed E-state index contributed by atoms with van der Waals surface area (Å²) >= 11 is 0. The molecule has 24 heavy (non-hydrogen) atoms. The van der Waals surface area contributed by atoms with E-state index in [0.717, 1.165) is 0 Å². The van der Waals surface area contributed by atoms with Crippen LogP contribution < -0.4 is 20.2 Å². The van der Waals surface area contributed by atoms with Gasteiger partial charge < -0.3 is 14.8 Å². The topological polar surface area (TPSA) is 64.6 Å². The van der Waals surface area contributed by atoms with Gasteiger partial charge in [0.15, 0.2) is 5.78 Å². The SMILES string of the molecule is CNc1ccccc(C(=O)/C=C/c2cc(OC)ccc2OC)c1=O. The number of hydrogen-bond donors (Lipinski definition) is 1. The second-order valence-corrected chi connectivity index (χ2v) is 4.93. The predicted molar refractivity (Wildman–Crippen MR) is 95.2 cm³/mol. The van der Waals surface area contributed by atoms with Crippen molar-refractivity contribution in [3.8, 4) is 11.5 Å². The fourth-order valence-electron chi connectivity index (χ4n) is 2.22. The van der Waals surface area contributed by atoms with Crippen LogP contribution in [0, 0.1) is 0 Å². The average Bonchev–Trinajstić information content (AvgIpc) is 2.80. The quantitative estimate of drug-likeness (QED) is 0.653. The molecule has 0 saturated carbocycles. The Morgan fingerprint density at radius 3 is 2.50 bits per heavy atom. The third-order valence-corrected chi connectivity index (χ3v) is 3.51. The molecule has 0 amide bonds. The maximum Gasteiger partial charge on any atom is 0.212 e. The van der Waals surface area contributed by atoms with E-state index in [1.54, 1.807) is 63.7 Å². The van der Waals surface area contributed by atoms with Gasteiger partial charge in [-0.1, -0.05) is 12.1 Å². The van der Waals surface area contributed by atoms with E-state index in [1.807, 2.05) is 0 Å². The summed E-state index contributed by atoms with van der Waals surface area (Å²) in [6, 6.07) is 11.8. The molecule has 0 heterocycles. The van der Waals surface area contributed by atoms with Crippen molar-refractivity contribution >= 4 is 17.5 Å². The first kappa shape index (κ1) is 17.3. The number of ketones is 1. The van der Waals surface area contributed by atoms with Gasteiger partial charge in [-0.25, -0.2) is 0 Å². The Balaban J connectivity index is 2.39. The molecule has 5 heteroatoms. The maximum absolute atomic E-state index is 12.4. The number of methoxy groups -OCH3 is 2. The van der Waals surface area contributed by atoms with Crippen molar-refractivity contribution in [2.75, 3.05) is 26.6 Å². The summed E-state index contributed by atoms with van der Waals surface area (Å²) in [5.41, 5.74) is 0.819. The van der Waals surface area contributed by atoms with Crippen molar-refractivity contribution in [3.63, 3.8) is 0 Å². The molecular formula is C19H19NO4. The average molecular weight is 325 g/mol. The van der Waals surface area contributed by atoms with Gasteiger partial charge in [0.05, 0.1) is 25.5 Å². The molecule has 0 aromatic heterocycles. The van der Waals surface area contributed by atoms with Crippen molar-refractivity contribution in [3.05, 3.63) is 69.9 Å². The first-order valence-corrected chi connectivity index (χ1v) is 7.36.